The van der Waals surface area contributed by atoms with E-state index in [9.17, 15) is 4.79 Å². The van der Waals surface area contributed by atoms with E-state index in [1.807, 2.05) is 24.3 Å². The topological polar surface area (TPSA) is 55.1 Å². The van der Waals surface area contributed by atoms with Crippen LogP contribution in [0.1, 0.15) is 25.3 Å². The van der Waals surface area contributed by atoms with Crippen molar-refractivity contribution in [3.05, 3.63) is 34.9 Å². The standard InChI is InChI=1S/C13H17ClN2O.ClH/c1-9(15)12(17)16-8-13(6-7-13)10-2-4-11(14)5-3-10;/h2-5,9H,6-8,15H2,1H3,(H,16,17);1H/t9-;/m0./s1. The van der Waals surface area contributed by atoms with Gasteiger partial charge in [0, 0.05) is 17.0 Å². The Kier molecular flexibility index (Phi) is 5.02. The van der Waals surface area contributed by atoms with Gasteiger partial charge in [-0.05, 0) is 37.5 Å². The fraction of sp³-hybridized carbons (Fsp3) is 0.462. The molecular formula is C13H18Cl2N2O. The molecular weight excluding hydrogens is 271 g/mol. The fourth-order valence-corrected chi connectivity index (χ4v) is 2.07. The summed E-state index contributed by atoms with van der Waals surface area (Å²) in [6.07, 6.45) is 2.21. The lowest BCUT2D eigenvalue weighted by atomic mass is 9.96. The van der Waals surface area contributed by atoms with E-state index in [1.54, 1.807) is 6.92 Å². The van der Waals surface area contributed by atoms with Crippen molar-refractivity contribution in [2.24, 2.45) is 5.73 Å². The highest BCUT2D eigenvalue weighted by molar-refractivity contribution is 6.30. The van der Waals surface area contributed by atoms with Crippen LogP contribution in [0.25, 0.3) is 0 Å². The normalized spacial score (nSPS) is 17.5. The summed E-state index contributed by atoms with van der Waals surface area (Å²) in [5.41, 5.74) is 6.86. The Bertz CT molecular complexity index is 414. The van der Waals surface area contributed by atoms with Gasteiger partial charge in [0.05, 0.1) is 6.04 Å². The van der Waals surface area contributed by atoms with Crippen LogP contribution in [0.3, 0.4) is 0 Å². The Morgan fingerprint density at radius 1 is 1.44 bits per heavy atom. The molecule has 0 aliphatic heterocycles. The highest BCUT2D eigenvalue weighted by Gasteiger charge is 2.44. The maximum atomic E-state index is 11.4. The van der Waals surface area contributed by atoms with Crippen LogP contribution in [0.5, 0.6) is 0 Å². The molecule has 1 amide bonds. The van der Waals surface area contributed by atoms with Gasteiger partial charge >= 0.3 is 0 Å². The predicted octanol–water partition coefficient (Wildman–Crippen LogP) is 2.26. The highest BCUT2D eigenvalue weighted by Crippen LogP contribution is 2.47. The van der Waals surface area contributed by atoms with Gasteiger partial charge in [0.25, 0.3) is 0 Å². The van der Waals surface area contributed by atoms with Crippen LogP contribution in [0.15, 0.2) is 24.3 Å². The summed E-state index contributed by atoms with van der Waals surface area (Å²) >= 11 is 5.86. The van der Waals surface area contributed by atoms with Crippen molar-refractivity contribution >= 4 is 29.9 Å². The van der Waals surface area contributed by atoms with Crippen molar-refractivity contribution in [3.63, 3.8) is 0 Å². The van der Waals surface area contributed by atoms with Gasteiger partial charge in [-0.3, -0.25) is 4.79 Å². The molecule has 1 fully saturated rings. The number of hydrogen-bond donors (Lipinski definition) is 2. The number of hydrogen-bond acceptors (Lipinski definition) is 2. The molecule has 100 valence electrons. The monoisotopic (exact) mass is 288 g/mol. The number of carbonyl (C=O) groups is 1. The molecule has 1 atom stereocenters. The quantitative estimate of drug-likeness (QED) is 0.893. The number of rotatable bonds is 4. The molecule has 0 unspecified atom stereocenters. The first kappa shape index (κ1) is 15.3. The fourth-order valence-electron chi connectivity index (χ4n) is 1.94. The van der Waals surface area contributed by atoms with E-state index < -0.39 is 6.04 Å². The summed E-state index contributed by atoms with van der Waals surface area (Å²) in [6, 6.07) is 7.41. The van der Waals surface area contributed by atoms with Crippen LogP contribution in [0.4, 0.5) is 0 Å². The van der Waals surface area contributed by atoms with Gasteiger partial charge in [0.15, 0.2) is 0 Å². The van der Waals surface area contributed by atoms with E-state index >= 15 is 0 Å². The van der Waals surface area contributed by atoms with Crippen LogP contribution >= 0.6 is 24.0 Å². The maximum absolute atomic E-state index is 11.4. The van der Waals surface area contributed by atoms with E-state index in [4.69, 9.17) is 17.3 Å². The summed E-state index contributed by atoms with van der Waals surface area (Å²) in [6.45, 7) is 2.35. The third-order valence-electron chi connectivity index (χ3n) is 3.32. The molecule has 0 spiro atoms. The molecule has 0 radical (unpaired) electrons. The average molecular weight is 289 g/mol. The lowest BCUT2D eigenvalue weighted by molar-refractivity contribution is -0.122. The molecule has 1 saturated carbocycles. The largest absolute Gasteiger partial charge is 0.354 e. The van der Waals surface area contributed by atoms with Crippen LogP contribution in [0, 0.1) is 0 Å². The molecule has 5 heteroatoms. The Hall–Kier alpha value is -0.770. The minimum atomic E-state index is -0.448. The van der Waals surface area contributed by atoms with Crippen molar-refractivity contribution in [2.45, 2.75) is 31.2 Å². The number of nitrogens with one attached hydrogen (secondary N) is 1. The van der Waals surface area contributed by atoms with E-state index in [0.29, 0.717) is 6.54 Å². The zero-order valence-corrected chi connectivity index (χ0v) is 11.9. The number of amides is 1. The van der Waals surface area contributed by atoms with Crippen LogP contribution < -0.4 is 11.1 Å². The van der Waals surface area contributed by atoms with E-state index in [2.05, 4.69) is 5.32 Å². The molecule has 0 aromatic heterocycles. The summed E-state index contributed by atoms with van der Waals surface area (Å²) in [4.78, 5) is 11.4. The zero-order chi connectivity index (χ0) is 12.5. The minimum absolute atomic E-state index is 0. The molecule has 1 aliphatic rings. The third kappa shape index (κ3) is 3.37. The number of halogens is 2. The predicted molar refractivity (Wildman–Crippen MR) is 76.3 cm³/mol. The maximum Gasteiger partial charge on any atom is 0.236 e. The lowest BCUT2D eigenvalue weighted by Gasteiger charge is -2.17. The highest BCUT2D eigenvalue weighted by atomic mass is 35.5. The van der Waals surface area contributed by atoms with Gasteiger partial charge in [0.2, 0.25) is 5.91 Å². The van der Waals surface area contributed by atoms with Crippen molar-refractivity contribution in [2.75, 3.05) is 6.54 Å². The summed E-state index contributed by atoms with van der Waals surface area (Å²) in [5, 5.41) is 3.64. The Balaban J connectivity index is 0.00000162. The lowest BCUT2D eigenvalue weighted by Crippen LogP contribution is -2.41. The molecule has 1 aromatic carbocycles. The Morgan fingerprint density at radius 3 is 2.44 bits per heavy atom. The van der Waals surface area contributed by atoms with Crippen LogP contribution in [-0.2, 0) is 10.2 Å². The first-order chi connectivity index (χ1) is 8.03. The van der Waals surface area contributed by atoms with Gasteiger partial charge in [-0.15, -0.1) is 12.4 Å². The van der Waals surface area contributed by atoms with Gasteiger partial charge in [-0.1, -0.05) is 23.7 Å². The van der Waals surface area contributed by atoms with Gasteiger partial charge in [-0.25, -0.2) is 0 Å². The molecule has 3 nitrogen and oxygen atoms in total. The smallest absolute Gasteiger partial charge is 0.236 e. The number of carbonyl (C=O) groups excluding carboxylic acids is 1. The molecule has 1 aromatic rings. The first-order valence-corrected chi connectivity index (χ1v) is 6.21. The van der Waals surface area contributed by atoms with Crippen molar-refractivity contribution in [3.8, 4) is 0 Å². The average Bonchev–Trinajstić information content (AvgIpc) is 3.08. The van der Waals surface area contributed by atoms with Gasteiger partial charge < -0.3 is 11.1 Å². The summed E-state index contributed by atoms with van der Waals surface area (Å²) in [7, 11) is 0. The third-order valence-corrected chi connectivity index (χ3v) is 3.58. The molecule has 0 bridgehead atoms. The summed E-state index contributed by atoms with van der Waals surface area (Å²) in [5.74, 6) is -0.0924. The molecule has 18 heavy (non-hydrogen) atoms. The van der Waals surface area contributed by atoms with Crippen molar-refractivity contribution < 1.29 is 4.79 Å². The summed E-state index contributed by atoms with van der Waals surface area (Å²) < 4.78 is 0. The first-order valence-electron chi connectivity index (χ1n) is 5.83. The van der Waals surface area contributed by atoms with Crippen molar-refractivity contribution in [1.29, 1.82) is 0 Å². The Morgan fingerprint density at radius 2 is 2.00 bits per heavy atom. The van der Waals surface area contributed by atoms with Crippen LogP contribution in [-0.4, -0.2) is 18.5 Å². The second kappa shape index (κ2) is 5.91. The number of nitrogens with two attached hydrogens (primary N) is 1. The molecule has 0 heterocycles. The molecule has 2 rings (SSSR count). The zero-order valence-electron chi connectivity index (χ0n) is 10.3. The Labute approximate surface area is 118 Å². The molecule has 1 aliphatic carbocycles. The van der Waals surface area contributed by atoms with E-state index in [1.165, 1.54) is 5.56 Å². The second-order valence-electron chi connectivity index (χ2n) is 4.79. The van der Waals surface area contributed by atoms with Crippen LogP contribution in [0.2, 0.25) is 5.02 Å². The van der Waals surface area contributed by atoms with Crippen molar-refractivity contribution in [1.82, 2.24) is 5.32 Å². The second-order valence-corrected chi connectivity index (χ2v) is 5.23. The number of benzene rings is 1. The molecule has 0 saturated heterocycles. The minimum Gasteiger partial charge on any atom is -0.354 e. The van der Waals surface area contributed by atoms with E-state index in [-0.39, 0.29) is 23.7 Å². The molecule has 3 N–H and O–H groups in total. The van der Waals surface area contributed by atoms with Gasteiger partial charge in [-0.2, -0.15) is 0 Å². The van der Waals surface area contributed by atoms with Gasteiger partial charge in [0.1, 0.15) is 0 Å². The SMILES string of the molecule is C[C@H](N)C(=O)NCC1(c2ccc(Cl)cc2)CC1.Cl. The van der Waals surface area contributed by atoms with E-state index in [0.717, 1.165) is 17.9 Å².